The predicted octanol–water partition coefficient (Wildman–Crippen LogP) is 3.19. The molecule has 0 aromatic carbocycles. The lowest BCUT2D eigenvalue weighted by molar-refractivity contribution is 0.573. The van der Waals surface area contributed by atoms with Crippen LogP contribution < -0.4 is 5.73 Å². The van der Waals surface area contributed by atoms with Crippen LogP contribution in [0.5, 0.6) is 0 Å². The smallest absolute Gasteiger partial charge is 0.143 e. The summed E-state index contributed by atoms with van der Waals surface area (Å²) >= 11 is 7.76. The van der Waals surface area contributed by atoms with Crippen LogP contribution in [0, 0.1) is 0 Å². The Hall–Kier alpha value is -0.970. The number of thiazole rings is 1. The minimum absolute atomic E-state index is 0.132. The number of hydrogen-bond donors (Lipinski definition) is 1. The van der Waals surface area contributed by atoms with Gasteiger partial charge in [0.2, 0.25) is 0 Å². The van der Waals surface area contributed by atoms with E-state index in [-0.39, 0.29) is 6.04 Å². The molecule has 0 fully saturated rings. The molecule has 1 aliphatic carbocycles. The van der Waals surface area contributed by atoms with Gasteiger partial charge in [0, 0.05) is 17.1 Å². The fourth-order valence-electron chi connectivity index (χ4n) is 2.10. The molecule has 1 atom stereocenters. The van der Waals surface area contributed by atoms with E-state index in [1.807, 2.05) is 12.1 Å². The van der Waals surface area contributed by atoms with Crippen molar-refractivity contribution in [1.82, 2.24) is 9.97 Å². The number of nitrogens with two attached hydrogens (primary N) is 1. The number of pyridine rings is 1. The number of rotatable bonds is 1. The topological polar surface area (TPSA) is 51.8 Å². The van der Waals surface area contributed by atoms with Crippen LogP contribution in [0.2, 0.25) is 5.02 Å². The maximum Gasteiger partial charge on any atom is 0.143 e. The minimum atomic E-state index is 0.132. The SMILES string of the molecule is NC1CCCc2nc(-c3ncccc3Cl)sc21. The van der Waals surface area contributed by atoms with Crippen LogP contribution in [-0.2, 0) is 6.42 Å². The predicted molar refractivity (Wildman–Crippen MR) is 70.2 cm³/mol. The molecule has 2 N–H and O–H groups in total. The molecule has 2 heterocycles. The zero-order valence-electron chi connectivity index (χ0n) is 9.19. The van der Waals surface area contributed by atoms with Gasteiger partial charge in [-0.05, 0) is 31.4 Å². The van der Waals surface area contributed by atoms with Crippen molar-refractivity contribution in [2.45, 2.75) is 25.3 Å². The van der Waals surface area contributed by atoms with Crippen LogP contribution in [-0.4, -0.2) is 9.97 Å². The van der Waals surface area contributed by atoms with Gasteiger partial charge in [0.1, 0.15) is 10.7 Å². The quantitative estimate of drug-likeness (QED) is 0.862. The van der Waals surface area contributed by atoms with E-state index < -0.39 is 0 Å². The molecule has 5 heteroatoms. The van der Waals surface area contributed by atoms with Crippen LogP contribution >= 0.6 is 22.9 Å². The number of hydrogen-bond acceptors (Lipinski definition) is 4. The van der Waals surface area contributed by atoms with E-state index in [4.69, 9.17) is 17.3 Å². The van der Waals surface area contributed by atoms with Gasteiger partial charge in [-0.1, -0.05) is 11.6 Å². The molecule has 0 amide bonds. The monoisotopic (exact) mass is 265 g/mol. The Bertz CT molecular complexity index is 552. The van der Waals surface area contributed by atoms with E-state index in [0.29, 0.717) is 5.02 Å². The number of fused-ring (bicyclic) bond motifs is 1. The first kappa shape index (κ1) is 11.1. The highest BCUT2D eigenvalue weighted by Gasteiger charge is 2.23. The largest absolute Gasteiger partial charge is 0.323 e. The second-order valence-electron chi connectivity index (χ2n) is 4.16. The lowest BCUT2D eigenvalue weighted by Gasteiger charge is -2.15. The molecule has 88 valence electrons. The van der Waals surface area contributed by atoms with Crippen LogP contribution in [0.3, 0.4) is 0 Å². The number of nitrogens with zero attached hydrogens (tertiary/aromatic N) is 2. The number of aryl methyl sites for hydroxylation is 1. The third kappa shape index (κ3) is 1.97. The first-order valence-corrected chi connectivity index (χ1v) is 6.81. The van der Waals surface area contributed by atoms with E-state index >= 15 is 0 Å². The summed E-state index contributed by atoms with van der Waals surface area (Å²) in [5.41, 5.74) is 7.99. The summed E-state index contributed by atoms with van der Waals surface area (Å²) in [5.74, 6) is 0. The molecule has 17 heavy (non-hydrogen) atoms. The molecule has 0 radical (unpaired) electrons. The van der Waals surface area contributed by atoms with Crippen LogP contribution in [0.4, 0.5) is 0 Å². The standard InChI is InChI=1S/C12H12ClN3S/c13-7-3-2-6-15-10(7)12-16-9-5-1-4-8(14)11(9)17-12/h2-3,6,8H,1,4-5,14H2. The molecule has 0 saturated carbocycles. The highest BCUT2D eigenvalue weighted by Crippen LogP contribution is 2.37. The highest BCUT2D eigenvalue weighted by molar-refractivity contribution is 7.15. The van der Waals surface area contributed by atoms with Gasteiger partial charge in [0.25, 0.3) is 0 Å². The summed E-state index contributed by atoms with van der Waals surface area (Å²) in [5, 5.41) is 1.53. The molecule has 1 aliphatic rings. The molecule has 2 aromatic rings. The first-order chi connectivity index (χ1) is 8.25. The molecule has 0 spiro atoms. The van der Waals surface area contributed by atoms with E-state index in [9.17, 15) is 0 Å². The fraction of sp³-hybridized carbons (Fsp3) is 0.333. The molecular weight excluding hydrogens is 254 g/mol. The van der Waals surface area contributed by atoms with Crippen molar-refractivity contribution in [2.75, 3.05) is 0 Å². The summed E-state index contributed by atoms with van der Waals surface area (Å²) in [6, 6.07) is 3.79. The Balaban J connectivity index is 2.08. The van der Waals surface area contributed by atoms with E-state index in [2.05, 4.69) is 9.97 Å². The van der Waals surface area contributed by atoms with Gasteiger partial charge in [0.15, 0.2) is 0 Å². The van der Waals surface area contributed by atoms with Crippen molar-refractivity contribution < 1.29 is 0 Å². The molecular formula is C12H12ClN3S. The molecule has 1 unspecified atom stereocenters. The van der Waals surface area contributed by atoms with Crippen LogP contribution in [0.1, 0.15) is 29.5 Å². The van der Waals surface area contributed by atoms with Gasteiger partial charge in [-0.25, -0.2) is 4.98 Å². The molecule has 3 nitrogen and oxygen atoms in total. The van der Waals surface area contributed by atoms with Gasteiger partial charge in [-0.15, -0.1) is 11.3 Å². The number of aromatic nitrogens is 2. The van der Waals surface area contributed by atoms with Crippen molar-refractivity contribution in [3.63, 3.8) is 0 Å². The molecule has 0 aliphatic heterocycles. The third-order valence-corrected chi connectivity index (χ3v) is 4.50. The van der Waals surface area contributed by atoms with E-state index in [1.54, 1.807) is 17.5 Å². The summed E-state index contributed by atoms with van der Waals surface area (Å²) in [6.07, 6.45) is 4.92. The third-order valence-electron chi connectivity index (χ3n) is 2.95. The van der Waals surface area contributed by atoms with Gasteiger partial charge in [-0.2, -0.15) is 0 Å². The Morgan fingerprint density at radius 1 is 1.47 bits per heavy atom. The molecule has 0 bridgehead atoms. The molecule has 3 rings (SSSR count). The van der Waals surface area contributed by atoms with Gasteiger partial charge in [-0.3, -0.25) is 4.98 Å². The lowest BCUT2D eigenvalue weighted by atomic mass is 9.99. The highest BCUT2D eigenvalue weighted by atomic mass is 35.5. The van der Waals surface area contributed by atoms with Crippen LogP contribution in [0.25, 0.3) is 10.7 Å². The van der Waals surface area contributed by atoms with Crippen molar-refractivity contribution in [3.8, 4) is 10.7 Å². The first-order valence-electron chi connectivity index (χ1n) is 5.62. The normalized spacial score (nSPS) is 19.1. The Labute approximate surface area is 109 Å². The summed E-state index contributed by atoms with van der Waals surface area (Å²) in [7, 11) is 0. The second kappa shape index (κ2) is 4.37. The van der Waals surface area contributed by atoms with E-state index in [1.165, 1.54) is 4.88 Å². The minimum Gasteiger partial charge on any atom is -0.323 e. The average Bonchev–Trinajstić information content (AvgIpc) is 2.75. The van der Waals surface area contributed by atoms with Crippen molar-refractivity contribution in [2.24, 2.45) is 5.73 Å². The van der Waals surface area contributed by atoms with Crippen molar-refractivity contribution in [1.29, 1.82) is 0 Å². The van der Waals surface area contributed by atoms with Crippen LogP contribution in [0.15, 0.2) is 18.3 Å². The molecule has 2 aromatic heterocycles. The maximum atomic E-state index is 6.13. The Morgan fingerprint density at radius 2 is 2.35 bits per heavy atom. The zero-order chi connectivity index (χ0) is 11.8. The summed E-state index contributed by atoms with van der Waals surface area (Å²) < 4.78 is 0. The zero-order valence-corrected chi connectivity index (χ0v) is 10.8. The van der Waals surface area contributed by atoms with Gasteiger partial charge >= 0.3 is 0 Å². The average molecular weight is 266 g/mol. The Morgan fingerprint density at radius 3 is 3.12 bits per heavy atom. The van der Waals surface area contributed by atoms with Gasteiger partial charge < -0.3 is 5.73 Å². The lowest BCUT2D eigenvalue weighted by Crippen LogP contribution is -2.15. The van der Waals surface area contributed by atoms with Crippen molar-refractivity contribution in [3.05, 3.63) is 33.9 Å². The summed E-state index contributed by atoms with van der Waals surface area (Å²) in [6.45, 7) is 0. The van der Waals surface area contributed by atoms with Gasteiger partial charge in [0.05, 0.1) is 10.7 Å². The second-order valence-corrected chi connectivity index (χ2v) is 5.60. The fourth-order valence-corrected chi connectivity index (χ4v) is 3.52. The number of halogens is 1. The van der Waals surface area contributed by atoms with Crippen molar-refractivity contribution >= 4 is 22.9 Å². The Kier molecular flexibility index (Phi) is 2.86. The molecule has 0 saturated heterocycles. The summed E-state index contributed by atoms with van der Waals surface area (Å²) in [4.78, 5) is 10.1. The maximum absolute atomic E-state index is 6.13. The van der Waals surface area contributed by atoms with E-state index in [0.717, 1.165) is 35.7 Å².